The van der Waals surface area contributed by atoms with E-state index in [0.717, 1.165) is 31.9 Å². The van der Waals surface area contributed by atoms with Gasteiger partial charge >= 0.3 is 0 Å². The molecular formula is C12H21ClN2O2. The third-order valence-electron chi connectivity index (χ3n) is 2.93. The van der Waals surface area contributed by atoms with Gasteiger partial charge in [-0.15, -0.1) is 12.4 Å². The number of anilines is 1. The third kappa shape index (κ3) is 3.77. The van der Waals surface area contributed by atoms with Crippen molar-refractivity contribution in [2.45, 2.75) is 0 Å². The van der Waals surface area contributed by atoms with Crippen LogP contribution >= 0.6 is 12.4 Å². The zero-order valence-electron chi connectivity index (χ0n) is 10.3. The lowest BCUT2D eigenvalue weighted by molar-refractivity contribution is 0.311. The zero-order valence-corrected chi connectivity index (χ0v) is 11.2. The van der Waals surface area contributed by atoms with Crippen molar-refractivity contribution in [3.05, 3.63) is 24.3 Å². The van der Waals surface area contributed by atoms with Gasteiger partial charge in [0.25, 0.3) is 0 Å². The van der Waals surface area contributed by atoms with Crippen molar-refractivity contribution in [3.8, 4) is 5.75 Å². The van der Waals surface area contributed by atoms with E-state index in [-0.39, 0.29) is 17.9 Å². The van der Waals surface area contributed by atoms with Gasteiger partial charge in [-0.25, -0.2) is 0 Å². The van der Waals surface area contributed by atoms with Crippen LogP contribution in [-0.4, -0.2) is 50.7 Å². The molecular weight excluding hydrogens is 240 g/mol. The maximum absolute atomic E-state index is 5.37. The summed E-state index contributed by atoms with van der Waals surface area (Å²) < 4.78 is 5.37. The Morgan fingerprint density at radius 1 is 1.06 bits per heavy atom. The smallest absolute Gasteiger partial charge is 0.142 e. The summed E-state index contributed by atoms with van der Waals surface area (Å²) in [7, 11) is 3.90. The first-order valence-corrected chi connectivity index (χ1v) is 5.38. The topological polar surface area (TPSA) is 47.2 Å². The van der Waals surface area contributed by atoms with E-state index in [1.54, 1.807) is 7.11 Å². The molecule has 1 aliphatic heterocycles. The van der Waals surface area contributed by atoms with Gasteiger partial charge < -0.3 is 20.0 Å². The third-order valence-corrected chi connectivity index (χ3v) is 2.93. The van der Waals surface area contributed by atoms with E-state index in [2.05, 4.69) is 29.0 Å². The minimum Gasteiger partial charge on any atom is -0.495 e. The molecule has 0 unspecified atom stereocenters. The van der Waals surface area contributed by atoms with Crippen molar-refractivity contribution in [3.63, 3.8) is 0 Å². The maximum Gasteiger partial charge on any atom is 0.142 e. The highest BCUT2D eigenvalue weighted by Gasteiger charge is 2.16. The molecule has 1 aromatic rings. The van der Waals surface area contributed by atoms with Gasteiger partial charge in [-0.1, -0.05) is 12.1 Å². The van der Waals surface area contributed by atoms with Crippen LogP contribution in [0.25, 0.3) is 0 Å². The molecule has 1 heterocycles. The highest BCUT2D eigenvalue weighted by Crippen LogP contribution is 2.27. The Bertz CT molecular complexity index is 328. The Morgan fingerprint density at radius 2 is 1.65 bits per heavy atom. The summed E-state index contributed by atoms with van der Waals surface area (Å²) in [6.07, 6.45) is 0. The van der Waals surface area contributed by atoms with Crippen molar-refractivity contribution in [1.82, 2.24) is 4.90 Å². The molecule has 0 bridgehead atoms. The van der Waals surface area contributed by atoms with Crippen molar-refractivity contribution in [2.75, 3.05) is 45.2 Å². The van der Waals surface area contributed by atoms with Gasteiger partial charge in [0.1, 0.15) is 5.75 Å². The largest absolute Gasteiger partial charge is 0.495 e. The van der Waals surface area contributed by atoms with Gasteiger partial charge in [0, 0.05) is 26.2 Å². The Kier molecular flexibility index (Phi) is 6.95. The number of piperazine rings is 1. The standard InChI is InChI=1S/C12H18N2O.ClH.H2O/c1-13-7-9-14(10-8-13)11-5-3-4-6-12(11)15-2;;/h3-6H,7-10H2,1-2H3;1H;1H2. The number of ether oxygens (including phenoxy) is 1. The van der Waals surface area contributed by atoms with E-state index >= 15 is 0 Å². The maximum atomic E-state index is 5.37. The van der Waals surface area contributed by atoms with Crippen LogP contribution in [-0.2, 0) is 0 Å². The first-order chi connectivity index (χ1) is 7.31. The molecule has 5 heteroatoms. The summed E-state index contributed by atoms with van der Waals surface area (Å²) in [5, 5.41) is 0. The van der Waals surface area contributed by atoms with Crippen LogP contribution in [0.3, 0.4) is 0 Å². The van der Waals surface area contributed by atoms with Crippen LogP contribution < -0.4 is 9.64 Å². The molecule has 0 spiro atoms. The minimum atomic E-state index is 0. The van der Waals surface area contributed by atoms with E-state index in [1.165, 1.54) is 5.69 Å². The fraction of sp³-hybridized carbons (Fsp3) is 0.500. The quantitative estimate of drug-likeness (QED) is 0.799. The van der Waals surface area contributed by atoms with Gasteiger partial charge in [-0.3, -0.25) is 0 Å². The minimum absolute atomic E-state index is 0. The van der Waals surface area contributed by atoms with Crippen LogP contribution in [0.15, 0.2) is 24.3 Å². The van der Waals surface area contributed by atoms with Crippen LogP contribution in [0.2, 0.25) is 0 Å². The average Bonchev–Trinajstić information content (AvgIpc) is 2.30. The molecule has 0 saturated carbocycles. The zero-order chi connectivity index (χ0) is 10.7. The molecule has 0 aliphatic carbocycles. The second-order valence-corrected chi connectivity index (χ2v) is 3.96. The molecule has 1 fully saturated rings. The monoisotopic (exact) mass is 260 g/mol. The normalized spacial score (nSPS) is 15.8. The second kappa shape index (κ2) is 7.37. The second-order valence-electron chi connectivity index (χ2n) is 3.96. The number of hydrogen-bond acceptors (Lipinski definition) is 3. The Morgan fingerprint density at radius 3 is 2.24 bits per heavy atom. The SMILES string of the molecule is COc1ccccc1N1CCN(C)CC1.Cl.O. The number of methoxy groups -OCH3 is 1. The Balaban J connectivity index is 0.00000128. The summed E-state index contributed by atoms with van der Waals surface area (Å²) in [6, 6.07) is 8.23. The molecule has 0 aromatic heterocycles. The molecule has 1 aromatic carbocycles. The highest BCUT2D eigenvalue weighted by molar-refractivity contribution is 5.85. The van der Waals surface area contributed by atoms with E-state index in [9.17, 15) is 0 Å². The predicted octanol–water partition coefficient (Wildman–Crippen LogP) is 1.04. The average molecular weight is 261 g/mol. The van der Waals surface area contributed by atoms with E-state index in [1.807, 2.05) is 12.1 Å². The lowest BCUT2D eigenvalue weighted by Crippen LogP contribution is -2.44. The molecule has 4 nitrogen and oxygen atoms in total. The number of para-hydroxylation sites is 2. The lowest BCUT2D eigenvalue weighted by Gasteiger charge is -2.34. The van der Waals surface area contributed by atoms with Crippen LogP contribution in [0.1, 0.15) is 0 Å². The van der Waals surface area contributed by atoms with Gasteiger partial charge in [-0.2, -0.15) is 0 Å². The molecule has 2 N–H and O–H groups in total. The van der Waals surface area contributed by atoms with Crippen LogP contribution in [0, 0.1) is 0 Å². The Labute approximate surface area is 109 Å². The number of halogens is 1. The summed E-state index contributed by atoms with van der Waals surface area (Å²) >= 11 is 0. The number of likely N-dealkylation sites (N-methyl/N-ethyl adjacent to an activating group) is 1. The van der Waals surface area contributed by atoms with E-state index < -0.39 is 0 Å². The van der Waals surface area contributed by atoms with E-state index in [4.69, 9.17) is 4.74 Å². The van der Waals surface area contributed by atoms with Crippen LogP contribution in [0.5, 0.6) is 5.75 Å². The first kappa shape index (κ1) is 16.0. The van der Waals surface area contributed by atoms with Gasteiger partial charge in [0.2, 0.25) is 0 Å². The lowest BCUT2D eigenvalue weighted by atomic mass is 10.2. The van der Waals surface area contributed by atoms with Crippen molar-refractivity contribution < 1.29 is 10.2 Å². The highest BCUT2D eigenvalue weighted by atomic mass is 35.5. The summed E-state index contributed by atoms with van der Waals surface area (Å²) in [5.41, 5.74) is 1.22. The molecule has 98 valence electrons. The predicted molar refractivity (Wildman–Crippen MR) is 73.6 cm³/mol. The molecule has 1 aliphatic rings. The van der Waals surface area contributed by atoms with E-state index in [0.29, 0.717) is 0 Å². The number of nitrogens with zero attached hydrogens (tertiary/aromatic N) is 2. The molecule has 0 radical (unpaired) electrons. The Hall–Kier alpha value is -0.970. The van der Waals surface area contributed by atoms with Gasteiger partial charge in [0.15, 0.2) is 0 Å². The fourth-order valence-electron chi connectivity index (χ4n) is 1.94. The molecule has 17 heavy (non-hydrogen) atoms. The van der Waals surface area contributed by atoms with Crippen LogP contribution in [0.4, 0.5) is 5.69 Å². The van der Waals surface area contributed by atoms with Gasteiger partial charge in [0.05, 0.1) is 12.8 Å². The molecule has 0 atom stereocenters. The molecule has 2 rings (SSSR count). The molecule has 0 amide bonds. The fourth-order valence-corrected chi connectivity index (χ4v) is 1.94. The van der Waals surface area contributed by atoms with Gasteiger partial charge in [-0.05, 0) is 19.2 Å². The molecule has 1 saturated heterocycles. The number of hydrogen-bond donors (Lipinski definition) is 0. The van der Waals surface area contributed by atoms with Crippen molar-refractivity contribution in [2.24, 2.45) is 0 Å². The summed E-state index contributed by atoms with van der Waals surface area (Å²) in [6.45, 7) is 4.41. The summed E-state index contributed by atoms with van der Waals surface area (Å²) in [5.74, 6) is 0.974. The van der Waals surface area contributed by atoms with Crippen molar-refractivity contribution >= 4 is 18.1 Å². The summed E-state index contributed by atoms with van der Waals surface area (Å²) in [4.78, 5) is 4.74. The number of benzene rings is 1. The first-order valence-electron chi connectivity index (χ1n) is 5.38. The number of rotatable bonds is 2. The van der Waals surface area contributed by atoms with Crippen molar-refractivity contribution in [1.29, 1.82) is 0 Å².